The van der Waals surface area contributed by atoms with E-state index >= 15 is 0 Å². The van der Waals surface area contributed by atoms with Crippen molar-refractivity contribution in [2.45, 2.75) is 219 Å². The van der Waals surface area contributed by atoms with Crippen molar-refractivity contribution in [3.63, 3.8) is 0 Å². The van der Waals surface area contributed by atoms with Crippen LogP contribution in [-0.2, 0) is 37.5 Å². The van der Waals surface area contributed by atoms with E-state index < -0.39 is 51.1 Å². The Balaban J connectivity index is 4.41. The second-order valence-electron chi connectivity index (χ2n) is 15.2. The van der Waals surface area contributed by atoms with Crippen LogP contribution in [0.3, 0.4) is 0 Å². The third-order valence-corrected chi connectivity index (χ3v) is 10.6. The van der Waals surface area contributed by atoms with Gasteiger partial charge < -0.3 is 25.2 Å². The van der Waals surface area contributed by atoms with E-state index in [9.17, 15) is 23.8 Å². The number of hydrogen-bond acceptors (Lipinski definition) is 9. The van der Waals surface area contributed by atoms with E-state index in [-0.39, 0.29) is 19.4 Å². The van der Waals surface area contributed by atoms with Gasteiger partial charge in [0.2, 0.25) is 0 Å². The molecule has 0 saturated carbocycles. The molecule has 3 atom stereocenters. The van der Waals surface area contributed by atoms with Gasteiger partial charge in [0, 0.05) is 12.8 Å². The molecule has 0 spiro atoms. The average molecular weight is 816 g/mol. The molecular weight excluding hydrogens is 733 g/mol. The minimum atomic E-state index is -4.73. The number of carboxylic acids is 1. The van der Waals surface area contributed by atoms with Crippen LogP contribution in [0, 0.1) is 0 Å². The molecule has 0 aliphatic heterocycles. The second kappa shape index (κ2) is 39.8. The Morgan fingerprint density at radius 3 is 1.30 bits per heavy atom. The number of aliphatic carboxylic acids is 1. The predicted molar refractivity (Wildman–Crippen MR) is 226 cm³/mol. The molecule has 0 radical (unpaired) electrons. The number of ether oxygens (including phenoxy) is 2. The van der Waals surface area contributed by atoms with Gasteiger partial charge in [0.1, 0.15) is 12.6 Å². The Morgan fingerprint density at radius 2 is 0.893 bits per heavy atom. The zero-order chi connectivity index (χ0) is 41.4. The maximum Gasteiger partial charge on any atom is 0.472 e. The highest BCUT2D eigenvalue weighted by molar-refractivity contribution is 7.47. The van der Waals surface area contributed by atoms with E-state index in [0.29, 0.717) is 12.8 Å². The summed E-state index contributed by atoms with van der Waals surface area (Å²) in [5.41, 5.74) is 5.33. The SMILES string of the molecule is CCCCCCCCCCCCCC=CCCC(=O)OCC(COP(=O)(O)OCC(N)C(=O)O)OC(=O)CCC=CCCCCCCCCCCCCCCC. The summed E-state index contributed by atoms with van der Waals surface area (Å²) in [5.74, 6) is -2.49. The highest BCUT2D eigenvalue weighted by Crippen LogP contribution is 2.43. The van der Waals surface area contributed by atoms with Gasteiger partial charge in [-0.3, -0.25) is 23.4 Å². The summed E-state index contributed by atoms with van der Waals surface area (Å²) >= 11 is 0. The molecule has 0 fully saturated rings. The fourth-order valence-corrected chi connectivity index (χ4v) is 6.94. The molecule has 0 aromatic heterocycles. The van der Waals surface area contributed by atoms with Crippen LogP contribution in [0.25, 0.3) is 0 Å². The van der Waals surface area contributed by atoms with E-state index in [1.165, 1.54) is 141 Å². The van der Waals surface area contributed by atoms with E-state index in [2.05, 4.69) is 30.5 Å². The molecule has 56 heavy (non-hydrogen) atoms. The first kappa shape index (κ1) is 54.0. The zero-order valence-electron chi connectivity index (χ0n) is 35.5. The van der Waals surface area contributed by atoms with Gasteiger partial charge in [-0.15, -0.1) is 0 Å². The molecule has 0 bridgehead atoms. The van der Waals surface area contributed by atoms with Gasteiger partial charge in [-0.25, -0.2) is 4.57 Å². The Labute approximate surface area is 340 Å². The number of allylic oxidation sites excluding steroid dienone is 4. The van der Waals surface area contributed by atoms with Crippen molar-refractivity contribution in [2.75, 3.05) is 19.8 Å². The summed E-state index contributed by atoms with van der Waals surface area (Å²) < 4.78 is 32.6. The van der Waals surface area contributed by atoms with Crippen LogP contribution < -0.4 is 5.73 Å². The van der Waals surface area contributed by atoms with Crippen molar-refractivity contribution in [2.24, 2.45) is 5.73 Å². The number of carboxylic acid groups (broad SMARTS) is 1. The predicted octanol–water partition coefficient (Wildman–Crippen LogP) is 11.8. The smallest absolute Gasteiger partial charge is 0.472 e. The van der Waals surface area contributed by atoms with Crippen LogP contribution in [0.1, 0.15) is 206 Å². The molecule has 3 unspecified atom stereocenters. The van der Waals surface area contributed by atoms with E-state index in [0.717, 1.165) is 25.7 Å². The summed E-state index contributed by atoms with van der Waals surface area (Å²) in [6, 6.07) is -1.53. The largest absolute Gasteiger partial charge is 0.480 e. The second-order valence-corrected chi connectivity index (χ2v) is 16.6. The summed E-state index contributed by atoms with van der Waals surface area (Å²) in [5, 5.41) is 8.88. The Bertz CT molecular complexity index is 1050. The van der Waals surface area contributed by atoms with Crippen molar-refractivity contribution < 1.29 is 47.5 Å². The number of esters is 2. The van der Waals surface area contributed by atoms with Crippen LogP contribution in [0.15, 0.2) is 24.3 Å². The third-order valence-electron chi connectivity index (χ3n) is 9.70. The minimum Gasteiger partial charge on any atom is -0.480 e. The van der Waals surface area contributed by atoms with Gasteiger partial charge >= 0.3 is 25.7 Å². The lowest BCUT2D eigenvalue weighted by Gasteiger charge is -2.20. The van der Waals surface area contributed by atoms with E-state index in [1.54, 1.807) is 0 Å². The lowest BCUT2D eigenvalue weighted by Crippen LogP contribution is -2.34. The maximum absolute atomic E-state index is 12.6. The van der Waals surface area contributed by atoms with Crippen LogP contribution in [-0.4, -0.2) is 59.9 Å². The summed E-state index contributed by atoms with van der Waals surface area (Å²) in [6.07, 6.45) is 41.3. The summed E-state index contributed by atoms with van der Waals surface area (Å²) in [6.45, 7) is 2.75. The molecule has 0 rings (SSSR count). The van der Waals surface area contributed by atoms with E-state index in [4.69, 9.17) is 24.8 Å². The Morgan fingerprint density at radius 1 is 0.536 bits per heavy atom. The normalized spacial score (nSPS) is 13.9. The number of nitrogens with two attached hydrogens (primary N) is 1. The monoisotopic (exact) mass is 816 g/mol. The van der Waals surface area contributed by atoms with Crippen LogP contribution in [0.2, 0.25) is 0 Å². The molecule has 328 valence electrons. The van der Waals surface area contributed by atoms with Gasteiger partial charge in [0.05, 0.1) is 13.2 Å². The fourth-order valence-electron chi connectivity index (χ4n) is 6.16. The first-order valence-corrected chi connectivity index (χ1v) is 23.9. The fraction of sp³-hybridized carbons (Fsp3) is 0.841. The highest BCUT2D eigenvalue weighted by Gasteiger charge is 2.28. The summed E-state index contributed by atoms with van der Waals surface area (Å²) in [4.78, 5) is 45.9. The maximum atomic E-state index is 12.6. The topological polar surface area (TPSA) is 172 Å². The molecule has 0 amide bonds. The molecule has 0 aromatic carbocycles. The number of carbonyl (C=O) groups excluding carboxylic acids is 2. The quantitative estimate of drug-likeness (QED) is 0.0232. The standard InChI is InChI=1S/C44H82NO10P/c1-3-5-7-9-11-13-15-17-19-20-22-24-26-28-30-32-34-36-43(47)55-40(38-53-56(50,51)54-39-41(45)44(48)49)37-52-42(46)35-33-31-29-27-25-23-21-18-16-14-12-10-8-6-4-2/h29-32,40-41H,3-28,33-39,45H2,1-2H3,(H,48,49)(H,50,51). The van der Waals surface area contributed by atoms with Gasteiger partial charge in [-0.1, -0.05) is 179 Å². The first-order valence-electron chi connectivity index (χ1n) is 22.4. The number of phosphoric ester groups is 1. The number of unbranched alkanes of at least 4 members (excludes halogenated alkanes) is 24. The lowest BCUT2D eigenvalue weighted by molar-refractivity contribution is -0.161. The Hall–Kier alpha value is -2.04. The van der Waals surface area contributed by atoms with Crippen molar-refractivity contribution in [3.8, 4) is 0 Å². The zero-order valence-corrected chi connectivity index (χ0v) is 36.4. The summed E-state index contributed by atoms with van der Waals surface area (Å²) in [7, 11) is -4.73. The minimum absolute atomic E-state index is 0.0736. The molecule has 0 heterocycles. The molecule has 12 heteroatoms. The molecule has 0 aliphatic rings. The first-order chi connectivity index (χ1) is 27.1. The molecule has 11 nitrogen and oxygen atoms in total. The van der Waals surface area contributed by atoms with Crippen molar-refractivity contribution in [1.82, 2.24) is 0 Å². The highest BCUT2D eigenvalue weighted by atomic mass is 31.2. The van der Waals surface area contributed by atoms with Crippen LogP contribution >= 0.6 is 7.82 Å². The van der Waals surface area contributed by atoms with Gasteiger partial charge in [0.15, 0.2) is 6.10 Å². The average Bonchev–Trinajstić information content (AvgIpc) is 3.17. The van der Waals surface area contributed by atoms with Gasteiger partial charge in [-0.2, -0.15) is 0 Å². The molecule has 0 aromatic rings. The molecule has 4 N–H and O–H groups in total. The number of rotatable bonds is 42. The molecule has 0 aliphatic carbocycles. The van der Waals surface area contributed by atoms with Crippen molar-refractivity contribution in [1.29, 1.82) is 0 Å². The number of carbonyl (C=O) groups is 3. The van der Waals surface area contributed by atoms with Crippen molar-refractivity contribution in [3.05, 3.63) is 24.3 Å². The van der Waals surface area contributed by atoms with Crippen LogP contribution in [0.4, 0.5) is 0 Å². The van der Waals surface area contributed by atoms with E-state index in [1.807, 2.05) is 12.2 Å². The van der Waals surface area contributed by atoms with Crippen LogP contribution in [0.5, 0.6) is 0 Å². The number of hydrogen-bond donors (Lipinski definition) is 3. The Kier molecular flexibility index (Phi) is 38.3. The number of phosphoric acid groups is 1. The lowest BCUT2D eigenvalue weighted by atomic mass is 10.0. The van der Waals surface area contributed by atoms with Gasteiger partial charge in [0.25, 0.3) is 0 Å². The molecular formula is C44H82NO10P. The van der Waals surface area contributed by atoms with Crippen molar-refractivity contribution >= 4 is 25.7 Å². The molecule has 0 saturated heterocycles. The van der Waals surface area contributed by atoms with Gasteiger partial charge in [-0.05, 0) is 38.5 Å². The third kappa shape index (κ3) is 38.8.